The zero-order chi connectivity index (χ0) is 14.5. The molecule has 0 aromatic heterocycles. The van der Waals surface area contributed by atoms with Crippen molar-refractivity contribution in [3.8, 4) is 16.9 Å². The van der Waals surface area contributed by atoms with Gasteiger partial charge in [-0.1, -0.05) is 48.5 Å². The molecule has 3 aromatic carbocycles. The number of rotatable bonds is 4. The molecule has 0 saturated carbocycles. The first-order valence-electron chi connectivity index (χ1n) is 6.92. The molecule has 2 heteroatoms. The summed E-state index contributed by atoms with van der Waals surface area (Å²) < 4.78 is 5.23. The third-order valence-corrected chi connectivity index (χ3v) is 3.35. The lowest BCUT2D eigenvalue weighted by molar-refractivity contribution is 0.415. The van der Waals surface area contributed by atoms with Gasteiger partial charge in [-0.2, -0.15) is 0 Å². The highest BCUT2D eigenvalue weighted by atomic mass is 16.5. The first kappa shape index (κ1) is 13.3. The Morgan fingerprint density at radius 2 is 1.38 bits per heavy atom. The third-order valence-electron chi connectivity index (χ3n) is 3.35. The standard InChI is InChI=1S/C19H17NO/c1-21-19-9-5-8-18(14-19)20-17-12-10-16(11-13-17)15-6-3-2-4-7-15/h2-14,20H,1H3. The summed E-state index contributed by atoms with van der Waals surface area (Å²) in [4.78, 5) is 0. The topological polar surface area (TPSA) is 21.3 Å². The molecule has 21 heavy (non-hydrogen) atoms. The third kappa shape index (κ3) is 3.23. The molecule has 0 bridgehead atoms. The molecular weight excluding hydrogens is 258 g/mol. The fourth-order valence-corrected chi connectivity index (χ4v) is 2.24. The first-order chi connectivity index (χ1) is 10.3. The lowest BCUT2D eigenvalue weighted by Gasteiger charge is -2.09. The molecule has 0 atom stereocenters. The van der Waals surface area contributed by atoms with E-state index in [0.717, 1.165) is 17.1 Å². The number of hydrogen-bond acceptors (Lipinski definition) is 2. The maximum atomic E-state index is 5.23. The van der Waals surface area contributed by atoms with Crippen molar-refractivity contribution in [1.82, 2.24) is 0 Å². The number of nitrogens with one attached hydrogen (secondary N) is 1. The highest BCUT2D eigenvalue weighted by Crippen LogP contribution is 2.24. The van der Waals surface area contributed by atoms with Gasteiger partial charge in [0.25, 0.3) is 0 Å². The van der Waals surface area contributed by atoms with Crippen LogP contribution in [0, 0.1) is 0 Å². The average molecular weight is 275 g/mol. The van der Waals surface area contributed by atoms with Gasteiger partial charge < -0.3 is 10.1 Å². The summed E-state index contributed by atoms with van der Waals surface area (Å²) in [6.07, 6.45) is 0. The van der Waals surface area contributed by atoms with Crippen LogP contribution in [-0.2, 0) is 0 Å². The molecule has 2 nitrogen and oxygen atoms in total. The second-order valence-electron chi connectivity index (χ2n) is 4.80. The Labute approximate surface area is 125 Å². The van der Waals surface area contributed by atoms with Crippen LogP contribution in [0.2, 0.25) is 0 Å². The average Bonchev–Trinajstić information content (AvgIpc) is 2.56. The van der Waals surface area contributed by atoms with Gasteiger partial charge in [0.05, 0.1) is 7.11 Å². The minimum atomic E-state index is 0.848. The molecule has 3 rings (SSSR count). The Balaban J connectivity index is 1.78. The Morgan fingerprint density at radius 1 is 0.667 bits per heavy atom. The van der Waals surface area contributed by atoms with Crippen molar-refractivity contribution < 1.29 is 4.74 Å². The van der Waals surface area contributed by atoms with E-state index in [0.29, 0.717) is 0 Å². The summed E-state index contributed by atoms with van der Waals surface area (Å²) in [5.74, 6) is 0.848. The van der Waals surface area contributed by atoms with Crippen LogP contribution in [0.1, 0.15) is 0 Å². The van der Waals surface area contributed by atoms with Crippen LogP contribution < -0.4 is 10.1 Å². The van der Waals surface area contributed by atoms with Gasteiger partial charge in [-0.05, 0) is 35.4 Å². The summed E-state index contributed by atoms with van der Waals surface area (Å²) in [5, 5.41) is 3.38. The summed E-state index contributed by atoms with van der Waals surface area (Å²) in [5.41, 5.74) is 4.52. The fourth-order valence-electron chi connectivity index (χ4n) is 2.24. The minimum Gasteiger partial charge on any atom is -0.497 e. The van der Waals surface area contributed by atoms with Crippen molar-refractivity contribution in [1.29, 1.82) is 0 Å². The van der Waals surface area contributed by atoms with E-state index in [1.165, 1.54) is 11.1 Å². The Morgan fingerprint density at radius 3 is 2.10 bits per heavy atom. The maximum Gasteiger partial charge on any atom is 0.120 e. The molecule has 0 fully saturated rings. The molecule has 0 spiro atoms. The SMILES string of the molecule is COc1cccc(Nc2ccc(-c3ccccc3)cc2)c1. The van der Waals surface area contributed by atoms with Crippen molar-refractivity contribution in [3.05, 3.63) is 78.9 Å². The molecule has 1 N–H and O–H groups in total. The Kier molecular flexibility index (Phi) is 3.88. The molecule has 0 amide bonds. The normalized spacial score (nSPS) is 10.1. The predicted molar refractivity (Wildman–Crippen MR) is 88.2 cm³/mol. The summed E-state index contributed by atoms with van der Waals surface area (Å²) in [6.45, 7) is 0. The van der Waals surface area contributed by atoms with Gasteiger partial charge >= 0.3 is 0 Å². The van der Waals surface area contributed by atoms with Crippen molar-refractivity contribution in [2.45, 2.75) is 0 Å². The largest absolute Gasteiger partial charge is 0.497 e. The predicted octanol–water partition coefficient (Wildman–Crippen LogP) is 5.11. The maximum absolute atomic E-state index is 5.23. The van der Waals surface area contributed by atoms with Crippen molar-refractivity contribution in [2.24, 2.45) is 0 Å². The van der Waals surface area contributed by atoms with E-state index in [2.05, 4.69) is 53.8 Å². The zero-order valence-electron chi connectivity index (χ0n) is 11.9. The van der Waals surface area contributed by atoms with Gasteiger partial charge in [-0.3, -0.25) is 0 Å². The van der Waals surface area contributed by atoms with Gasteiger partial charge in [0, 0.05) is 17.4 Å². The smallest absolute Gasteiger partial charge is 0.120 e. The number of anilines is 2. The fraction of sp³-hybridized carbons (Fsp3) is 0.0526. The quantitative estimate of drug-likeness (QED) is 0.714. The molecule has 0 heterocycles. The van der Waals surface area contributed by atoms with E-state index in [1.54, 1.807) is 7.11 Å². The second-order valence-corrected chi connectivity index (χ2v) is 4.80. The van der Waals surface area contributed by atoms with E-state index in [-0.39, 0.29) is 0 Å². The van der Waals surface area contributed by atoms with Gasteiger partial charge in [0.2, 0.25) is 0 Å². The van der Waals surface area contributed by atoms with Gasteiger partial charge in [0.1, 0.15) is 5.75 Å². The van der Waals surface area contributed by atoms with Gasteiger partial charge in [0.15, 0.2) is 0 Å². The second kappa shape index (κ2) is 6.14. The van der Waals surface area contributed by atoms with Crippen LogP contribution in [0.3, 0.4) is 0 Å². The molecule has 104 valence electrons. The van der Waals surface area contributed by atoms with E-state index >= 15 is 0 Å². The number of methoxy groups -OCH3 is 1. The van der Waals surface area contributed by atoms with Crippen molar-refractivity contribution >= 4 is 11.4 Å². The Hall–Kier alpha value is -2.74. The highest BCUT2D eigenvalue weighted by Gasteiger charge is 1.99. The molecule has 0 aliphatic rings. The molecule has 0 unspecified atom stereocenters. The number of hydrogen-bond donors (Lipinski definition) is 1. The van der Waals surface area contributed by atoms with Crippen LogP contribution in [-0.4, -0.2) is 7.11 Å². The van der Waals surface area contributed by atoms with Crippen LogP contribution in [0.4, 0.5) is 11.4 Å². The summed E-state index contributed by atoms with van der Waals surface area (Å²) in [7, 11) is 1.67. The Bertz CT molecular complexity index is 705. The van der Waals surface area contributed by atoms with Gasteiger partial charge in [-0.25, -0.2) is 0 Å². The minimum absolute atomic E-state index is 0.848. The lowest BCUT2D eigenvalue weighted by Crippen LogP contribution is -1.91. The number of benzene rings is 3. The number of ether oxygens (including phenoxy) is 1. The molecular formula is C19H17NO. The van der Waals surface area contributed by atoms with E-state index in [1.807, 2.05) is 30.3 Å². The van der Waals surface area contributed by atoms with E-state index in [4.69, 9.17) is 4.74 Å². The van der Waals surface area contributed by atoms with Crippen LogP contribution >= 0.6 is 0 Å². The zero-order valence-corrected chi connectivity index (χ0v) is 11.9. The molecule has 0 radical (unpaired) electrons. The molecule has 0 saturated heterocycles. The monoisotopic (exact) mass is 275 g/mol. The first-order valence-corrected chi connectivity index (χ1v) is 6.92. The molecule has 3 aromatic rings. The van der Waals surface area contributed by atoms with Crippen LogP contribution in [0.25, 0.3) is 11.1 Å². The summed E-state index contributed by atoms with van der Waals surface area (Å²) in [6, 6.07) is 26.7. The van der Waals surface area contributed by atoms with Crippen molar-refractivity contribution in [3.63, 3.8) is 0 Å². The van der Waals surface area contributed by atoms with Crippen LogP contribution in [0.5, 0.6) is 5.75 Å². The van der Waals surface area contributed by atoms with E-state index in [9.17, 15) is 0 Å². The summed E-state index contributed by atoms with van der Waals surface area (Å²) >= 11 is 0. The lowest BCUT2D eigenvalue weighted by atomic mass is 10.1. The van der Waals surface area contributed by atoms with Crippen molar-refractivity contribution in [2.75, 3.05) is 12.4 Å². The van der Waals surface area contributed by atoms with Crippen LogP contribution in [0.15, 0.2) is 78.9 Å². The molecule has 0 aliphatic carbocycles. The highest BCUT2D eigenvalue weighted by molar-refractivity contribution is 5.68. The van der Waals surface area contributed by atoms with Gasteiger partial charge in [-0.15, -0.1) is 0 Å². The molecule has 0 aliphatic heterocycles. The van der Waals surface area contributed by atoms with E-state index < -0.39 is 0 Å².